The minimum Gasteiger partial charge on any atom is -0.445 e. The number of carbonyl (C=O) groups excluding carboxylic acids is 1. The number of pyridine rings is 1. The summed E-state index contributed by atoms with van der Waals surface area (Å²) >= 11 is 0. The second-order valence-electron chi connectivity index (χ2n) is 6.05. The van der Waals surface area contributed by atoms with E-state index in [4.69, 9.17) is 4.42 Å². The Labute approximate surface area is 147 Å². The minimum absolute atomic E-state index is 0.151. The van der Waals surface area contributed by atoms with Gasteiger partial charge in [-0.15, -0.1) is 0 Å². The van der Waals surface area contributed by atoms with Gasteiger partial charge in [-0.3, -0.25) is 9.78 Å². The largest absolute Gasteiger partial charge is 0.445 e. The predicted octanol–water partition coefficient (Wildman–Crippen LogP) is 3.84. The maximum atomic E-state index is 13.0. The van der Waals surface area contributed by atoms with Crippen molar-refractivity contribution in [3.05, 3.63) is 82.8 Å². The van der Waals surface area contributed by atoms with Crippen molar-refractivity contribution in [1.82, 2.24) is 14.9 Å². The van der Waals surface area contributed by atoms with Gasteiger partial charge in [-0.1, -0.05) is 36.4 Å². The van der Waals surface area contributed by atoms with Gasteiger partial charge < -0.3 is 9.32 Å². The van der Waals surface area contributed by atoms with Crippen molar-refractivity contribution in [3.63, 3.8) is 0 Å². The monoisotopic (exact) mass is 335 g/mol. The van der Waals surface area contributed by atoms with E-state index < -0.39 is 0 Å². The number of hydrogen-bond acceptors (Lipinski definition) is 4. The molecule has 0 spiro atoms. The average Bonchev–Trinajstić information content (AvgIpc) is 2.93. The molecule has 0 N–H and O–H groups in total. The molecule has 0 aliphatic carbocycles. The Bertz CT molecular complexity index is 872. The zero-order valence-corrected chi connectivity index (χ0v) is 14.7. The molecule has 0 fully saturated rings. The van der Waals surface area contributed by atoms with Gasteiger partial charge >= 0.3 is 0 Å². The number of oxazole rings is 1. The van der Waals surface area contributed by atoms with E-state index in [-0.39, 0.29) is 5.91 Å². The standard InChI is InChI=1S/C20H21N3O2/c1-14-8-7-11-18(21-14)13-23(12-17-9-5-4-6-10-17)20(24)19-15(2)25-16(3)22-19/h4-11H,12-13H2,1-3H3. The van der Waals surface area contributed by atoms with E-state index in [0.29, 0.717) is 30.4 Å². The third-order valence-electron chi connectivity index (χ3n) is 3.91. The third-order valence-corrected chi connectivity index (χ3v) is 3.91. The molecule has 0 unspecified atom stereocenters. The summed E-state index contributed by atoms with van der Waals surface area (Å²) in [5, 5.41) is 0. The van der Waals surface area contributed by atoms with Crippen LogP contribution in [0, 0.1) is 20.8 Å². The molecular weight excluding hydrogens is 314 g/mol. The molecule has 3 rings (SSSR count). The Morgan fingerprint density at radius 3 is 2.36 bits per heavy atom. The van der Waals surface area contributed by atoms with Crippen molar-refractivity contribution in [3.8, 4) is 0 Å². The predicted molar refractivity (Wildman–Crippen MR) is 95.0 cm³/mol. The number of aromatic nitrogens is 2. The molecule has 0 radical (unpaired) electrons. The van der Waals surface area contributed by atoms with Crippen LogP contribution in [0.2, 0.25) is 0 Å². The lowest BCUT2D eigenvalue weighted by molar-refractivity contribution is 0.0720. The molecular formula is C20H21N3O2. The van der Waals surface area contributed by atoms with Crippen LogP contribution in [0.5, 0.6) is 0 Å². The van der Waals surface area contributed by atoms with Crippen molar-refractivity contribution in [2.75, 3.05) is 0 Å². The second kappa shape index (κ2) is 7.30. The summed E-state index contributed by atoms with van der Waals surface area (Å²) in [5.41, 5.74) is 3.20. The molecule has 5 heteroatoms. The summed E-state index contributed by atoms with van der Waals surface area (Å²) in [4.78, 5) is 23.6. The van der Waals surface area contributed by atoms with Gasteiger partial charge in [-0.05, 0) is 31.5 Å². The molecule has 5 nitrogen and oxygen atoms in total. The molecule has 0 saturated heterocycles. The van der Waals surface area contributed by atoms with E-state index in [1.54, 1.807) is 18.7 Å². The first-order chi connectivity index (χ1) is 12.0. The minimum atomic E-state index is -0.151. The highest BCUT2D eigenvalue weighted by molar-refractivity contribution is 5.93. The lowest BCUT2D eigenvalue weighted by Crippen LogP contribution is -2.31. The van der Waals surface area contributed by atoms with Gasteiger partial charge in [0.15, 0.2) is 11.6 Å². The van der Waals surface area contributed by atoms with E-state index in [9.17, 15) is 4.79 Å². The zero-order valence-electron chi connectivity index (χ0n) is 14.7. The molecule has 3 aromatic rings. The molecule has 0 aliphatic rings. The SMILES string of the molecule is Cc1cccc(CN(Cc2ccccc2)C(=O)c2nc(C)oc2C)n1. The molecule has 128 valence electrons. The molecule has 2 aromatic heterocycles. The van der Waals surface area contributed by atoms with E-state index in [1.165, 1.54) is 0 Å². The van der Waals surface area contributed by atoms with Gasteiger partial charge in [-0.25, -0.2) is 4.98 Å². The van der Waals surface area contributed by atoms with Crippen LogP contribution in [-0.2, 0) is 13.1 Å². The molecule has 25 heavy (non-hydrogen) atoms. The first-order valence-corrected chi connectivity index (χ1v) is 8.22. The number of aryl methyl sites for hydroxylation is 3. The molecule has 0 aliphatic heterocycles. The van der Waals surface area contributed by atoms with Crippen LogP contribution in [0.1, 0.15) is 39.1 Å². The number of nitrogens with zero attached hydrogens (tertiary/aromatic N) is 3. The molecule has 0 bridgehead atoms. The fraction of sp³-hybridized carbons (Fsp3) is 0.250. The molecule has 1 amide bonds. The maximum Gasteiger partial charge on any atom is 0.276 e. The van der Waals surface area contributed by atoms with E-state index >= 15 is 0 Å². The van der Waals surface area contributed by atoms with E-state index in [0.717, 1.165) is 17.0 Å². The second-order valence-corrected chi connectivity index (χ2v) is 6.05. The van der Waals surface area contributed by atoms with Gasteiger partial charge in [0.05, 0.1) is 12.2 Å². The van der Waals surface area contributed by atoms with Gasteiger partial charge in [-0.2, -0.15) is 0 Å². The van der Waals surface area contributed by atoms with Crippen LogP contribution in [-0.4, -0.2) is 20.8 Å². The van der Waals surface area contributed by atoms with Crippen molar-refractivity contribution < 1.29 is 9.21 Å². The summed E-state index contributed by atoms with van der Waals surface area (Å²) in [6.07, 6.45) is 0. The quantitative estimate of drug-likeness (QED) is 0.711. The topological polar surface area (TPSA) is 59.2 Å². The summed E-state index contributed by atoms with van der Waals surface area (Å²) in [6.45, 7) is 6.35. The molecule has 0 atom stereocenters. The van der Waals surface area contributed by atoms with Gasteiger partial charge in [0.2, 0.25) is 0 Å². The van der Waals surface area contributed by atoms with Crippen LogP contribution in [0.15, 0.2) is 52.9 Å². The van der Waals surface area contributed by atoms with Crippen LogP contribution in [0.4, 0.5) is 0 Å². The highest BCUT2D eigenvalue weighted by Gasteiger charge is 2.23. The fourth-order valence-corrected chi connectivity index (χ4v) is 2.76. The molecule has 1 aromatic carbocycles. The van der Waals surface area contributed by atoms with Gasteiger partial charge in [0, 0.05) is 19.2 Å². The molecule has 2 heterocycles. The Kier molecular flexibility index (Phi) is 4.93. The summed E-state index contributed by atoms with van der Waals surface area (Å²) in [6, 6.07) is 15.7. The van der Waals surface area contributed by atoms with Crippen LogP contribution >= 0.6 is 0 Å². The van der Waals surface area contributed by atoms with Crippen molar-refractivity contribution in [2.45, 2.75) is 33.9 Å². The number of carbonyl (C=O) groups is 1. The van der Waals surface area contributed by atoms with Crippen LogP contribution in [0.25, 0.3) is 0 Å². The number of hydrogen-bond donors (Lipinski definition) is 0. The van der Waals surface area contributed by atoms with E-state index in [2.05, 4.69) is 9.97 Å². The third kappa shape index (κ3) is 4.12. The van der Waals surface area contributed by atoms with Crippen molar-refractivity contribution in [2.24, 2.45) is 0 Å². The zero-order chi connectivity index (χ0) is 17.8. The van der Waals surface area contributed by atoms with Crippen LogP contribution < -0.4 is 0 Å². The first-order valence-electron chi connectivity index (χ1n) is 8.22. The average molecular weight is 335 g/mol. The van der Waals surface area contributed by atoms with Gasteiger partial charge in [0.25, 0.3) is 5.91 Å². The Balaban J connectivity index is 1.90. The summed E-state index contributed by atoms with van der Waals surface area (Å²) in [5.74, 6) is 0.883. The molecule has 0 saturated carbocycles. The smallest absolute Gasteiger partial charge is 0.276 e. The van der Waals surface area contributed by atoms with Crippen LogP contribution in [0.3, 0.4) is 0 Å². The fourth-order valence-electron chi connectivity index (χ4n) is 2.76. The highest BCUT2D eigenvalue weighted by Crippen LogP contribution is 2.16. The van der Waals surface area contributed by atoms with E-state index in [1.807, 2.05) is 55.5 Å². The number of rotatable bonds is 5. The van der Waals surface area contributed by atoms with Crippen molar-refractivity contribution >= 4 is 5.91 Å². The highest BCUT2D eigenvalue weighted by atomic mass is 16.4. The van der Waals surface area contributed by atoms with Gasteiger partial charge in [0.1, 0.15) is 5.76 Å². The lowest BCUT2D eigenvalue weighted by atomic mass is 10.2. The maximum absolute atomic E-state index is 13.0. The normalized spacial score (nSPS) is 10.7. The first kappa shape index (κ1) is 16.9. The number of benzene rings is 1. The number of amides is 1. The van der Waals surface area contributed by atoms with Crippen molar-refractivity contribution in [1.29, 1.82) is 0 Å². The summed E-state index contributed by atoms with van der Waals surface area (Å²) < 4.78 is 5.43. The Hall–Kier alpha value is -2.95. The summed E-state index contributed by atoms with van der Waals surface area (Å²) in [7, 11) is 0. The Morgan fingerprint density at radius 2 is 1.72 bits per heavy atom. The Morgan fingerprint density at radius 1 is 0.960 bits per heavy atom. The lowest BCUT2D eigenvalue weighted by Gasteiger charge is -2.22.